The highest BCUT2D eigenvalue weighted by Crippen LogP contribution is 2.27. The van der Waals surface area contributed by atoms with Gasteiger partial charge in [0.1, 0.15) is 16.8 Å². The number of benzene rings is 2. The van der Waals surface area contributed by atoms with Crippen LogP contribution < -0.4 is 20.7 Å². The molecule has 2 aromatic carbocycles. The van der Waals surface area contributed by atoms with E-state index in [1.54, 1.807) is 7.11 Å². The van der Waals surface area contributed by atoms with E-state index in [2.05, 4.69) is 26.1 Å². The van der Waals surface area contributed by atoms with E-state index in [0.717, 1.165) is 16.9 Å². The molecule has 1 heterocycles. The Bertz CT molecular complexity index is 1050. The van der Waals surface area contributed by atoms with E-state index in [1.807, 2.05) is 75.4 Å². The third-order valence-electron chi connectivity index (χ3n) is 4.39. The molecule has 0 radical (unpaired) electrons. The van der Waals surface area contributed by atoms with Crippen molar-refractivity contribution in [3.8, 4) is 16.3 Å². The molecule has 3 amide bonds. The Hall–Kier alpha value is -3.46. The maximum Gasteiger partial charge on any atom is 0.315 e. The lowest BCUT2D eigenvalue weighted by Crippen LogP contribution is -2.53. The van der Waals surface area contributed by atoms with Crippen molar-refractivity contribution in [3.05, 3.63) is 60.2 Å². The number of aromatic nitrogens is 2. The number of urea groups is 1. The van der Waals surface area contributed by atoms with Crippen molar-refractivity contribution in [2.75, 3.05) is 12.4 Å². The standard InChI is InChI=1S/C23H27N5O3S/c1-23(2,3)26-21(30)24-18(14-15-8-6-5-7-9-15)19(29)25-22-28-27-20(32-22)16-10-12-17(31-4)13-11-16/h5-13,18H,14H2,1-4H3,(H2,24,26,30)(H,25,28,29). The largest absolute Gasteiger partial charge is 0.497 e. The van der Waals surface area contributed by atoms with Gasteiger partial charge in [-0.3, -0.25) is 10.1 Å². The maximum atomic E-state index is 13.0. The zero-order chi connectivity index (χ0) is 23.1. The SMILES string of the molecule is COc1ccc(-c2nnc(NC(=O)C(Cc3ccccc3)NC(=O)NC(C)(C)C)s2)cc1. The first-order chi connectivity index (χ1) is 15.2. The number of nitrogens with zero attached hydrogens (tertiary/aromatic N) is 2. The van der Waals surface area contributed by atoms with Gasteiger partial charge in [0.25, 0.3) is 0 Å². The second-order valence-electron chi connectivity index (χ2n) is 8.22. The molecule has 3 aromatic rings. The fraction of sp³-hybridized carbons (Fsp3) is 0.304. The molecule has 0 aliphatic rings. The number of nitrogens with one attached hydrogen (secondary N) is 3. The third-order valence-corrected chi connectivity index (χ3v) is 5.27. The molecule has 0 saturated heterocycles. The van der Waals surface area contributed by atoms with E-state index in [9.17, 15) is 9.59 Å². The summed E-state index contributed by atoms with van der Waals surface area (Å²) in [6, 6.07) is 15.7. The van der Waals surface area contributed by atoms with Crippen LogP contribution in [0.2, 0.25) is 0 Å². The number of carbonyl (C=O) groups excluding carboxylic acids is 2. The van der Waals surface area contributed by atoms with Crippen molar-refractivity contribution in [1.82, 2.24) is 20.8 Å². The van der Waals surface area contributed by atoms with Crippen LogP contribution in [0.25, 0.3) is 10.6 Å². The highest BCUT2D eigenvalue weighted by Gasteiger charge is 2.24. The van der Waals surface area contributed by atoms with Crippen LogP contribution >= 0.6 is 11.3 Å². The normalized spacial score (nSPS) is 12.0. The van der Waals surface area contributed by atoms with Crippen LogP contribution in [0.15, 0.2) is 54.6 Å². The van der Waals surface area contributed by atoms with Crippen molar-refractivity contribution < 1.29 is 14.3 Å². The Labute approximate surface area is 191 Å². The second-order valence-corrected chi connectivity index (χ2v) is 9.20. The number of carbonyl (C=O) groups is 2. The summed E-state index contributed by atoms with van der Waals surface area (Å²) >= 11 is 1.26. The molecule has 0 spiro atoms. The number of hydrogen-bond donors (Lipinski definition) is 3. The summed E-state index contributed by atoms with van der Waals surface area (Å²) in [5, 5.41) is 17.6. The minimum Gasteiger partial charge on any atom is -0.497 e. The summed E-state index contributed by atoms with van der Waals surface area (Å²) in [5.41, 5.74) is 1.37. The van der Waals surface area contributed by atoms with Crippen LogP contribution in [0.4, 0.5) is 9.93 Å². The van der Waals surface area contributed by atoms with Crippen molar-refractivity contribution >= 4 is 28.4 Å². The van der Waals surface area contributed by atoms with Gasteiger partial charge < -0.3 is 15.4 Å². The summed E-state index contributed by atoms with van der Waals surface area (Å²) in [4.78, 5) is 25.4. The summed E-state index contributed by atoms with van der Waals surface area (Å²) in [7, 11) is 1.61. The highest BCUT2D eigenvalue weighted by atomic mass is 32.1. The van der Waals surface area contributed by atoms with Gasteiger partial charge in [-0.1, -0.05) is 41.7 Å². The first-order valence-electron chi connectivity index (χ1n) is 10.1. The lowest BCUT2D eigenvalue weighted by atomic mass is 10.1. The molecule has 0 aliphatic carbocycles. The molecule has 9 heteroatoms. The van der Waals surface area contributed by atoms with Crippen LogP contribution in [-0.2, 0) is 11.2 Å². The fourth-order valence-electron chi connectivity index (χ4n) is 2.91. The van der Waals surface area contributed by atoms with E-state index in [-0.39, 0.29) is 5.91 Å². The molecule has 0 fully saturated rings. The van der Waals surface area contributed by atoms with Crippen LogP contribution in [0.3, 0.4) is 0 Å². The summed E-state index contributed by atoms with van der Waals surface area (Å²) in [6.45, 7) is 5.63. The second kappa shape index (κ2) is 10.2. The van der Waals surface area contributed by atoms with E-state index < -0.39 is 17.6 Å². The molecular formula is C23H27N5O3S. The van der Waals surface area contributed by atoms with E-state index in [4.69, 9.17) is 4.74 Å². The van der Waals surface area contributed by atoms with Crippen LogP contribution in [0.1, 0.15) is 26.3 Å². The minimum atomic E-state index is -0.784. The van der Waals surface area contributed by atoms with Crippen molar-refractivity contribution in [2.24, 2.45) is 0 Å². The minimum absolute atomic E-state index is 0.342. The zero-order valence-corrected chi connectivity index (χ0v) is 19.3. The fourth-order valence-corrected chi connectivity index (χ4v) is 3.66. The number of amides is 3. The van der Waals surface area contributed by atoms with Gasteiger partial charge in [-0.25, -0.2) is 4.79 Å². The Kier molecular flexibility index (Phi) is 7.42. The van der Waals surface area contributed by atoms with Gasteiger partial charge in [0.15, 0.2) is 0 Å². The van der Waals surface area contributed by atoms with E-state index >= 15 is 0 Å². The molecule has 8 nitrogen and oxygen atoms in total. The zero-order valence-electron chi connectivity index (χ0n) is 18.5. The number of hydrogen-bond acceptors (Lipinski definition) is 6. The summed E-state index contributed by atoms with van der Waals surface area (Å²) in [6.07, 6.45) is 0.342. The predicted octanol–water partition coefficient (Wildman–Crippen LogP) is 3.86. The van der Waals surface area contributed by atoms with Gasteiger partial charge in [0.2, 0.25) is 11.0 Å². The Balaban J connectivity index is 1.72. The number of anilines is 1. The molecule has 1 atom stereocenters. The molecule has 0 aliphatic heterocycles. The molecule has 32 heavy (non-hydrogen) atoms. The average Bonchev–Trinajstić information content (AvgIpc) is 3.21. The maximum absolute atomic E-state index is 13.0. The highest BCUT2D eigenvalue weighted by molar-refractivity contribution is 7.18. The average molecular weight is 454 g/mol. The smallest absolute Gasteiger partial charge is 0.315 e. The monoisotopic (exact) mass is 453 g/mol. The molecule has 0 bridgehead atoms. The predicted molar refractivity (Wildman–Crippen MR) is 126 cm³/mol. The molecular weight excluding hydrogens is 426 g/mol. The number of ether oxygens (including phenoxy) is 1. The summed E-state index contributed by atoms with van der Waals surface area (Å²) in [5.74, 6) is 0.380. The van der Waals surface area contributed by atoms with Crippen LogP contribution in [-0.4, -0.2) is 40.8 Å². The topological polar surface area (TPSA) is 105 Å². The van der Waals surface area contributed by atoms with Gasteiger partial charge in [-0.05, 0) is 50.6 Å². The van der Waals surface area contributed by atoms with Gasteiger partial charge in [-0.15, -0.1) is 10.2 Å². The van der Waals surface area contributed by atoms with Gasteiger partial charge >= 0.3 is 6.03 Å². The quantitative estimate of drug-likeness (QED) is 0.504. The van der Waals surface area contributed by atoms with E-state index in [0.29, 0.717) is 16.6 Å². The number of methoxy groups -OCH3 is 1. The van der Waals surface area contributed by atoms with Crippen molar-refractivity contribution in [3.63, 3.8) is 0 Å². The Morgan fingerprint density at radius 3 is 2.34 bits per heavy atom. The van der Waals surface area contributed by atoms with Gasteiger partial charge in [-0.2, -0.15) is 0 Å². The first kappa shape index (κ1) is 23.2. The molecule has 3 rings (SSSR count). The Morgan fingerprint density at radius 2 is 1.72 bits per heavy atom. The summed E-state index contributed by atoms with van der Waals surface area (Å²) < 4.78 is 5.17. The number of rotatable bonds is 7. The molecule has 1 unspecified atom stereocenters. The van der Waals surface area contributed by atoms with Crippen molar-refractivity contribution in [1.29, 1.82) is 0 Å². The molecule has 1 aromatic heterocycles. The Morgan fingerprint density at radius 1 is 1.03 bits per heavy atom. The van der Waals surface area contributed by atoms with Crippen molar-refractivity contribution in [2.45, 2.75) is 38.8 Å². The molecule has 168 valence electrons. The third kappa shape index (κ3) is 6.78. The molecule has 0 saturated carbocycles. The van der Waals surface area contributed by atoms with Gasteiger partial charge in [0, 0.05) is 17.5 Å². The first-order valence-corrected chi connectivity index (χ1v) is 11.0. The van der Waals surface area contributed by atoms with Gasteiger partial charge in [0.05, 0.1) is 7.11 Å². The van der Waals surface area contributed by atoms with Crippen LogP contribution in [0, 0.1) is 0 Å². The lowest BCUT2D eigenvalue weighted by molar-refractivity contribution is -0.117. The lowest BCUT2D eigenvalue weighted by Gasteiger charge is -2.24. The van der Waals surface area contributed by atoms with Crippen LogP contribution in [0.5, 0.6) is 5.75 Å². The molecule has 3 N–H and O–H groups in total. The van der Waals surface area contributed by atoms with E-state index in [1.165, 1.54) is 11.3 Å².